The van der Waals surface area contributed by atoms with Gasteiger partial charge in [-0.3, -0.25) is 0 Å². The number of benzene rings is 3. The van der Waals surface area contributed by atoms with Gasteiger partial charge in [0.2, 0.25) is 0 Å². The van der Waals surface area contributed by atoms with E-state index in [1.807, 2.05) is 13.8 Å². The zero-order valence-electron chi connectivity index (χ0n) is 15.4. The molecular weight excluding hydrogens is 322 g/mol. The van der Waals surface area contributed by atoms with Crippen LogP contribution in [0, 0.1) is 0 Å². The van der Waals surface area contributed by atoms with Crippen LogP contribution in [0.4, 0.5) is 0 Å². The van der Waals surface area contributed by atoms with E-state index in [4.69, 9.17) is 9.47 Å². The molecule has 0 radical (unpaired) electrons. The predicted octanol–water partition coefficient (Wildman–Crippen LogP) is 4.87. The number of ether oxygens (including phenoxy) is 2. The molecular formula is C23H25NO2. The lowest BCUT2D eigenvalue weighted by atomic mass is 9.88. The summed E-state index contributed by atoms with van der Waals surface area (Å²) in [7, 11) is 0. The number of hydrogen-bond acceptors (Lipinski definition) is 3. The normalized spacial score (nSPS) is 16.3. The SMILES string of the molecule is CCOc1cc2c(cc1OCC)[C@@H](c1ccc3ccccc3c1)NCC2. The average molecular weight is 347 g/mol. The zero-order chi connectivity index (χ0) is 17.9. The Morgan fingerprint density at radius 3 is 2.38 bits per heavy atom. The van der Waals surface area contributed by atoms with Crippen LogP contribution in [0.25, 0.3) is 10.8 Å². The monoisotopic (exact) mass is 347 g/mol. The van der Waals surface area contributed by atoms with Crippen LogP contribution in [0.1, 0.15) is 36.6 Å². The standard InChI is InChI=1S/C23H25NO2/c1-3-25-21-14-18-11-12-24-23(20(18)15-22(21)26-4-2)19-10-9-16-7-5-6-8-17(16)13-19/h5-10,13-15,23-24H,3-4,11-12H2,1-2H3/t23-/m1/s1. The van der Waals surface area contributed by atoms with Crippen LogP contribution in [0.3, 0.4) is 0 Å². The van der Waals surface area contributed by atoms with Gasteiger partial charge in [0.25, 0.3) is 0 Å². The highest BCUT2D eigenvalue weighted by Crippen LogP contribution is 2.38. The van der Waals surface area contributed by atoms with Crippen molar-refractivity contribution in [3.05, 3.63) is 71.3 Å². The zero-order valence-corrected chi connectivity index (χ0v) is 15.4. The van der Waals surface area contributed by atoms with Crippen molar-refractivity contribution in [3.8, 4) is 11.5 Å². The molecule has 1 aliphatic heterocycles. The van der Waals surface area contributed by atoms with Crippen LogP contribution in [-0.4, -0.2) is 19.8 Å². The summed E-state index contributed by atoms with van der Waals surface area (Å²) in [5.41, 5.74) is 3.92. The second kappa shape index (κ2) is 7.38. The quantitative estimate of drug-likeness (QED) is 0.714. The van der Waals surface area contributed by atoms with Crippen molar-refractivity contribution in [1.29, 1.82) is 0 Å². The van der Waals surface area contributed by atoms with Gasteiger partial charge in [0, 0.05) is 6.54 Å². The Kier molecular flexibility index (Phi) is 4.81. The van der Waals surface area contributed by atoms with E-state index in [0.717, 1.165) is 24.5 Å². The molecule has 1 heterocycles. The fourth-order valence-corrected chi connectivity index (χ4v) is 3.79. The first-order valence-electron chi connectivity index (χ1n) is 9.44. The van der Waals surface area contributed by atoms with Crippen LogP contribution < -0.4 is 14.8 Å². The van der Waals surface area contributed by atoms with Crippen molar-refractivity contribution < 1.29 is 9.47 Å². The topological polar surface area (TPSA) is 30.5 Å². The van der Waals surface area contributed by atoms with Gasteiger partial charge in [0.05, 0.1) is 19.3 Å². The third-order valence-corrected chi connectivity index (χ3v) is 4.97. The van der Waals surface area contributed by atoms with Crippen molar-refractivity contribution in [2.24, 2.45) is 0 Å². The van der Waals surface area contributed by atoms with Crippen molar-refractivity contribution in [3.63, 3.8) is 0 Å². The van der Waals surface area contributed by atoms with Gasteiger partial charge in [-0.25, -0.2) is 0 Å². The van der Waals surface area contributed by atoms with Gasteiger partial charge in [-0.05, 0) is 65.9 Å². The fourth-order valence-electron chi connectivity index (χ4n) is 3.79. The van der Waals surface area contributed by atoms with Crippen LogP contribution in [0.5, 0.6) is 11.5 Å². The van der Waals surface area contributed by atoms with Crippen molar-refractivity contribution in [1.82, 2.24) is 5.32 Å². The maximum absolute atomic E-state index is 5.86. The number of nitrogens with one attached hydrogen (secondary N) is 1. The minimum Gasteiger partial charge on any atom is -0.490 e. The summed E-state index contributed by atoms with van der Waals surface area (Å²) in [5, 5.41) is 6.23. The summed E-state index contributed by atoms with van der Waals surface area (Å²) in [6.45, 7) is 6.25. The summed E-state index contributed by atoms with van der Waals surface area (Å²) in [5.74, 6) is 1.69. The van der Waals surface area contributed by atoms with E-state index in [9.17, 15) is 0 Å². The van der Waals surface area contributed by atoms with Crippen LogP contribution in [-0.2, 0) is 6.42 Å². The molecule has 3 heteroatoms. The Bertz CT molecular complexity index is 919. The first-order chi connectivity index (χ1) is 12.8. The van der Waals surface area contributed by atoms with E-state index in [1.165, 1.54) is 27.5 Å². The lowest BCUT2D eigenvalue weighted by molar-refractivity contribution is 0.286. The highest BCUT2D eigenvalue weighted by molar-refractivity contribution is 5.83. The summed E-state index contributed by atoms with van der Waals surface area (Å²) in [6, 6.07) is 19.7. The van der Waals surface area contributed by atoms with Crippen molar-refractivity contribution >= 4 is 10.8 Å². The molecule has 4 rings (SSSR count). The van der Waals surface area contributed by atoms with Crippen LogP contribution >= 0.6 is 0 Å². The molecule has 1 N–H and O–H groups in total. The molecule has 0 saturated heterocycles. The average Bonchev–Trinajstić information content (AvgIpc) is 2.68. The van der Waals surface area contributed by atoms with E-state index in [2.05, 4.69) is 59.9 Å². The first kappa shape index (κ1) is 16.9. The lowest BCUT2D eigenvalue weighted by Crippen LogP contribution is -2.30. The summed E-state index contributed by atoms with van der Waals surface area (Å²) in [6.07, 6.45) is 1.01. The van der Waals surface area contributed by atoms with Gasteiger partial charge in [0.1, 0.15) is 0 Å². The molecule has 0 saturated carbocycles. The summed E-state index contributed by atoms with van der Waals surface area (Å²) < 4.78 is 11.7. The molecule has 0 bridgehead atoms. The molecule has 0 amide bonds. The Balaban J connectivity index is 1.78. The largest absolute Gasteiger partial charge is 0.490 e. The Hall–Kier alpha value is -2.52. The third kappa shape index (κ3) is 3.15. The molecule has 0 unspecified atom stereocenters. The molecule has 1 aliphatic rings. The molecule has 0 fully saturated rings. The maximum Gasteiger partial charge on any atom is 0.161 e. The van der Waals surface area contributed by atoms with Gasteiger partial charge < -0.3 is 14.8 Å². The molecule has 0 aromatic heterocycles. The molecule has 134 valence electrons. The molecule has 3 aromatic carbocycles. The maximum atomic E-state index is 5.86. The first-order valence-corrected chi connectivity index (χ1v) is 9.44. The van der Waals surface area contributed by atoms with Crippen molar-refractivity contribution in [2.75, 3.05) is 19.8 Å². The molecule has 0 spiro atoms. The summed E-state index contributed by atoms with van der Waals surface area (Å²) >= 11 is 0. The number of hydrogen-bond donors (Lipinski definition) is 1. The third-order valence-electron chi connectivity index (χ3n) is 4.97. The van der Waals surface area contributed by atoms with Crippen molar-refractivity contribution in [2.45, 2.75) is 26.3 Å². The fraction of sp³-hybridized carbons (Fsp3) is 0.304. The van der Waals surface area contributed by atoms with E-state index in [0.29, 0.717) is 13.2 Å². The molecule has 0 aliphatic carbocycles. The molecule has 1 atom stereocenters. The predicted molar refractivity (Wildman–Crippen MR) is 106 cm³/mol. The summed E-state index contributed by atoms with van der Waals surface area (Å²) in [4.78, 5) is 0. The van der Waals surface area contributed by atoms with Gasteiger partial charge in [-0.2, -0.15) is 0 Å². The van der Waals surface area contributed by atoms with Crippen LogP contribution in [0.15, 0.2) is 54.6 Å². The molecule has 3 nitrogen and oxygen atoms in total. The number of rotatable bonds is 5. The lowest BCUT2D eigenvalue weighted by Gasteiger charge is -2.29. The Morgan fingerprint density at radius 1 is 0.885 bits per heavy atom. The number of fused-ring (bicyclic) bond motifs is 2. The van der Waals surface area contributed by atoms with E-state index in [-0.39, 0.29) is 6.04 Å². The smallest absolute Gasteiger partial charge is 0.161 e. The second-order valence-corrected chi connectivity index (χ2v) is 6.61. The minimum absolute atomic E-state index is 0.179. The van der Waals surface area contributed by atoms with Crippen LogP contribution in [0.2, 0.25) is 0 Å². The highest BCUT2D eigenvalue weighted by atomic mass is 16.5. The molecule has 26 heavy (non-hydrogen) atoms. The van der Waals surface area contributed by atoms with Gasteiger partial charge in [0.15, 0.2) is 11.5 Å². The van der Waals surface area contributed by atoms with Gasteiger partial charge in [-0.15, -0.1) is 0 Å². The van der Waals surface area contributed by atoms with E-state index >= 15 is 0 Å². The van der Waals surface area contributed by atoms with E-state index < -0.39 is 0 Å². The second-order valence-electron chi connectivity index (χ2n) is 6.61. The van der Waals surface area contributed by atoms with Gasteiger partial charge in [-0.1, -0.05) is 36.4 Å². The minimum atomic E-state index is 0.179. The highest BCUT2D eigenvalue weighted by Gasteiger charge is 2.24. The van der Waals surface area contributed by atoms with Gasteiger partial charge >= 0.3 is 0 Å². The van der Waals surface area contributed by atoms with E-state index in [1.54, 1.807) is 0 Å². The Morgan fingerprint density at radius 2 is 1.62 bits per heavy atom. The Labute approximate surface area is 154 Å². The molecule has 3 aromatic rings.